The van der Waals surface area contributed by atoms with Crippen LogP contribution < -0.4 is 5.32 Å². The molecule has 0 saturated carbocycles. The molecule has 144 valence electrons. The van der Waals surface area contributed by atoms with Crippen LogP contribution in [0.25, 0.3) is 5.69 Å². The van der Waals surface area contributed by atoms with Crippen molar-refractivity contribution in [3.63, 3.8) is 0 Å². The highest BCUT2D eigenvalue weighted by atomic mass is 16.2. The highest BCUT2D eigenvalue weighted by Crippen LogP contribution is 2.24. The van der Waals surface area contributed by atoms with Crippen molar-refractivity contribution >= 4 is 11.8 Å². The summed E-state index contributed by atoms with van der Waals surface area (Å²) in [6.07, 6.45) is 7.06. The lowest BCUT2D eigenvalue weighted by Crippen LogP contribution is -2.48. The number of carbonyl (C=O) groups is 2. The molecule has 6 nitrogen and oxygen atoms in total. The molecule has 0 bridgehead atoms. The zero-order valence-corrected chi connectivity index (χ0v) is 16.3. The summed E-state index contributed by atoms with van der Waals surface area (Å²) >= 11 is 0. The molecule has 1 N–H and O–H groups in total. The van der Waals surface area contributed by atoms with Gasteiger partial charge in [0.2, 0.25) is 11.8 Å². The van der Waals surface area contributed by atoms with Crippen molar-refractivity contribution in [2.75, 3.05) is 13.1 Å². The van der Waals surface area contributed by atoms with Crippen LogP contribution in [0, 0.1) is 11.3 Å². The molecule has 0 aliphatic carbocycles. The second kappa shape index (κ2) is 7.94. The maximum Gasteiger partial charge on any atom is 0.227 e. The van der Waals surface area contributed by atoms with Crippen molar-refractivity contribution in [2.24, 2.45) is 11.3 Å². The zero-order valence-electron chi connectivity index (χ0n) is 16.3. The van der Waals surface area contributed by atoms with E-state index in [2.05, 4.69) is 10.3 Å². The molecule has 6 heteroatoms. The summed E-state index contributed by atoms with van der Waals surface area (Å²) in [6.45, 7) is 7.47. The van der Waals surface area contributed by atoms with Gasteiger partial charge in [-0.15, -0.1) is 0 Å². The van der Waals surface area contributed by atoms with Crippen LogP contribution >= 0.6 is 0 Å². The highest BCUT2D eigenvalue weighted by Gasteiger charge is 2.33. The molecule has 1 aromatic heterocycles. The van der Waals surface area contributed by atoms with Crippen LogP contribution in [-0.4, -0.2) is 39.4 Å². The summed E-state index contributed by atoms with van der Waals surface area (Å²) in [7, 11) is 0. The van der Waals surface area contributed by atoms with Gasteiger partial charge in [0.05, 0.1) is 17.9 Å². The molecule has 1 unspecified atom stereocenters. The summed E-state index contributed by atoms with van der Waals surface area (Å²) in [5, 5.41) is 3.06. The first-order valence-electron chi connectivity index (χ1n) is 9.49. The average molecular weight is 368 g/mol. The van der Waals surface area contributed by atoms with Crippen LogP contribution in [0.1, 0.15) is 39.2 Å². The van der Waals surface area contributed by atoms with Crippen LogP contribution in [0.4, 0.5) is 0 Å². The minimum absolute atomic E-state index is 0.0156. The maximum absolute atomic E-state index is 12.7. The molecule has 1 aliphatic rings. The Hall–Kier alpha value is -2.63. The van der Waals surface area contributed by atoms with E-state index in [4.69, 9.17) is 0 Å². The van der Waals surface area contributed by atoms with Crippen molar-refractivity contribution in [3.8, 4) is 5.69 Å². The molecule has 1 atom stereocenters. The first-order valence-corrected chi connectivity index (χ1v) is 9.49. The molecular weight excluding hydrogens is 340 g/mol. The van der Waals surface area contributed by atoms with Crippen LogP contribution in [0.3, 0.4) is 0 Å². The zero-order chi connectivity index (χ0) is 19.4. The quantitative estimate of drug-likeness (QED) is 0.902. The van der Waals surface area contributed by atoms with E-state index >= 15 is 0 Å². The topological polar surface area (TPSA) is 67.2 Å². The number of para-hydroxylation sites is 1. The number of rotatable bonds is 4. The summed E-state index contributed by atoms with van der Waals surface area (Å²) < 4.78 is 1.94. The maximum atomic E-state index is 12.7. The molecule has 1 saturated heterocycles. The molecule has 1 aliphatic heterocycles. The molecule has 1 aromatic carbocycles. The molecular formula is C21H28N4O2. The molecule has 1 fully saturated rings. The van der Waals surface area contributed by atoms with Crippen LogP contribution in [0.2, 0.25) is 0 Å². The van der Waals surface area contributed by atoms with E-state index in [9.17, 15) is 9.59 Å². The SMILES string of the molecule is CC(C)(C)C(=O)N1CCCC(C(=O)NCc2ccccc2-n2ccnc2)C1. The van der Waals surface area contributed by atoms with Gasteiger partial charge in [-0.05, 0) is 24.5 Å². The molecule has 2 heterocycles. The number of amides is 2. The van der Waals surface area contributed by atoms with E-state index in [0.29, 0.717) is 13.1 Å². The Morgan fingerprint density at radius 2 is 2.04 bits per heavy atom. The smallest absolute Gasteiger partial charge is 0.227 e. The second-order valence-corrected chi connectivity index (χ2v) is 8.16. The number of hydrogen-bond donors (Lipinski definition) is 1. The van der Waals surface area contributed by atoms with Crippen molar-refractivity contribution in [3.05, 3.63) is 48.5 Å². The second-order valence-electron chi connectivity index (χ2n) is 8.16. The number of carbonyl (C=O) groups excluding carboxylic acids is 2. The van der Waals surface area contributed by atoms with Gasteiger partial charge in [0.1, 0.15) is 0 Å². The van der Waals surface area contributed by atoms with Gasteiger partial charge in [-0.2, -0.15) is 0 Å². The predicted octanol–water partition coefficient (Wildman–Crippen LogP) is 2.77. The Kier molecular flexibility index (Phi) is 5.63. The van der Waals surface area contributed by atoms with Gasteiger partial charge in [0.15, 0.2) is 0 Å². The van der Waals surface area contributed by atoms with Gasteiger partial charge in [0.25, 0.3) is 0 Å². The summed E-state index contributed by atoms with van der Waals surface area (Å²) in [4.78, 5) is 31.2. The Morgan fingerprint density at radius 3 is 2.74 bits per heavy atom. The monoisotopic (exact) mass is 368 g/mol. The molecule has 3 rings (SSSR count). The fourth-order valence-electron chi connectivity index (χ4n) is 3.49. The minimum atomic E-state index is -0.415. The summed E-state index contributed by atoms with van der Waals surface area (Å²) in [5.41, 5.74) is 1.62. The molecule has 0 radical (unpaired) electrons. The van der Waals surface area contributed by atoms with Crippen molar-refractivity contribution in [2.45, 2.75) is 40.2 Å². The third-order valence-electron chi connectivity index (χ3n) is 4.95. The largest absolute Gasteiger partial charge is 0.352 e. The number of nitrogens with one attached hydrogen (secondary N) is 1. The van der Waals surface area contributed by atoms with E-state index in [1.54, 1.807) is 12.5 Å². The van der Waals surface area contributed by atoms with E-state index in [-0.39, 0.29) is 17.7 Å². The van der Waals surface area contributed by atoms with Gasteiger partial charge < -0.3 is 14.8 Å². The standard InChI is InChI=1S/C21H28N4O2/c1-21(2,3)20(27)24-11-6-8-17(14-24)19(26)23-13-16-7-4-5-9-18(16)25-12-10-22-15-25/h4-5,7,9-10,12,15,17H,6,8,11,13-14H2,1-3H3,(H,23,26). The van der Waals surface area contributed by atoms with E-state index < -0.39 is 5.41 Å². The van der Waals surface area contributed by atoms with Gasteiger partial charge in [-0.25, -0.2) is 4.98 Å². The Balaban J connectivity index is 1.63. The lowest BCUT2D eigenvalue weighted by Gasteiger charge is -2.35. The summed E-state index contributed by atoms with van der Waals surface area (Å²) in [5.74, 6) is -0.0160. The summed E-state index contributed by atoms with van der Waals surface area (Å²) in [6, 6.07) is 7.95. The number of piperidine rings is 1. The predicted molar refractivity (Wildman–Crippen MR) is 104 cm³/mol. The first kappa shape index (κ1) is 19.1. The van der Waals surface area contributed by atoms with Gasteiger partial charge >= 0.3 is 0 Å². The molecule has 2 amide bonds. The van der Waals surface area contributed by atoms with Crippen LogP contribution in [0.15, 0.2) is 43.0 Å². The van der Waals surface area contributed by atoms with Crippen LogP contribution in [-0.2, 0) is 16.1 Å². The first-order chi connectivity index (χ1) is 12.9. The molecule has 0 spiro atoms. The van der Waals surface area contributed by atoms with Crippen LogP contribution in [0.5, 0.6) is 0 Å². The third kappa shape index (κ3) is 4.56. The number of benzene rings is 1. The Morgan fingerprint density at radius 1 is 1.26 bits per heavy atom. The Bertz CT molecular complexity index is 793. The lowest BCUT2D eigenvalue weighted by molar-refractivity contribution is -0.142. The van der Waals surface area contributed by atoms with E-state index in [1.807, 2.05) is 60.7 Å². The highest BCUT2D eigenvalue weighted by molar-refractivity contribution is 5.84. The number of imidazole rings is 1. The van der Waals surface area contributed by atoms with Crippen molar-refractivity contribution in [1.82, 2.24) is 19.8 Å². The van der Waals surface area contributed by atoms with E-state index in [1.165, 1.54) is 0 Å². The third-order valence-corrected chi connectivity index (χ3v) is 4.95. The molecule has 2 aromatic rings. The number of aromatic nitrogens is 2. The van der Waals surface area contributed by atoms with Gasteiger partial charge in [-0.1, -0.05) is 39.0 Å². The minimum Gasteiger partial charge on any atom is -0.352 e. The fourth-order valence-corrected chi connectivity index (χ4v) is 3.49. The van der Waals surface area contributed by atoms with Crippen molar-refractivity contribution < 1.29 is 9.59 Å². The fraction of sp³-hybridized carbons (Fsp3) is 0.476. The van der Waals surface area contributed by atoms with Crippen molar-refractivity contribution in [1.29, 1.82) is 0 Å². The number of hydrogen-bond acceptors (Lipinski definition) is 3. The lowest BCUT2D eigenvalue weighted by atomic mass is 9.91. The van der Waals surface area contributed by atoms with Gasteiger partial charge in [0, 0.05) is 37.4 Å². The number of likely N-dealkylation sites (tertiary alicyclic amines) is 1. The van der Waals surface area contributed by atoms with E-state index in [0.717, 1.165) is 30.6 Å². The number of nitrogens with zero attached hydrogens (tertiary/aromatic N) is 3. The normalized spacial score (nSPS) is 17.6. The molecule has 27 heavy (non-hydrogen) atoms. The van der Waals surface area contributed by atoms with Gasteiger partial charge in [-0.3, -0.25) is 9.59 Å². The Labute approximate surface area is 160 Å². The average Bonchev–Trinajstić information content (AvgIpc) is 3.19.